The molecule has 0 bridgehead atoms. The van der Waals surface area contributed by atoms with Gasteiger partial charge in [-0.2, -0.15) is 0 Å². The molecule has 1 aliphatic rings. The van der Waals surface area contributed by atoms with E-state index in [1.807, 2.05) is 0 Å². The maximum Gasteiger partial charge on any atom is -0.0280 e. The van der Waals surface area contributed by atoms with Crippen LogP contribution in [0.1, 0.15) is 45.4 Å². The molecule has 1 aliphatic carbocycles. The van der Waals surface area contributed by atoms with Crippen LogP contribution in [0.4, 0.5) is 0 Å². The SMILES string of the molecule is C=C(CC)C1=CCCCCC1. The Labute approximate surface area is 70.0 Å². The molecule has 0 atom stereocenters. The van der Waals surface area contributed by atoms with Crippen LogP contribution in [0.2, 0.25) is 0 Å². The summed E-state index contributed by atoms with van der Waals surface area (Å²) < 4.78 is 0. The monoisotopic (exact) mass is 150 g/mol. The largest absolute Gasteiger partial charge is 0.0956 e. The lowest BCUT2D eigenvalue weighted by Gasteiger charge is -2.05. The number of hydrogen-bond acceptors (Lipinski definition) is 0. The Bertz CT molecular complexity index is 163. The van der Waals surface area contributed by atoms with Crippen molar-refractivity contribution < 1.29 is 0 Å². The summed E-state index contributed by atoms with van der Waals surface area (Å²) in [5.41, 5.74) is 2.89. The Morgan fingerprint density at radius 3 is 3.00 bits per heavy atom. The fraction of sp³-hybridized carbons (Fsp3) is 0.636. The molecule has 0 saturated heterocycles. The highest BCUT2D eigenvalue weighted by molar-refractivity contribution is 5.28. The molecule has 0 aromatic rings. The first-order valence-electron chi connectivity index (χ1n) is 4.71. The van der Waals surface area contributed by atoms with Gasteiger partial charge in [0.1, 0.15) is 0 Å². The lowest BCUT2D eigenvalue weighted by atomic mass is 10.0. The van der Waals surface area contributed by atoms with Crippen LogP contribution in [-0.2, 0) is 0 Å². The van der Waals surface area contributed by atoms with Crippen LogP contribution in [0.25, 0.3) is 0 Å². The predicted octanol–water partition coefficient (Wildman–Crippen LogP) is 3.84. The Kier molecular flexibility index (Phi) is 3.41. The van der Waals surface area contributed by atoms with Gasteiger partial charge in [-0.1, -0.05) is 31.6 Å². The normalized spacial score (nSPS) is 18.8. The second-order valence-corrected chi connectivity index (χ2v) is 3.29. The highest BCUT2D eigenvalue weighted by Gasteiger charge is 2.03. The first-order chi connectivity index (χ1) is 5.34. The molecule has 0 amide bonds. The lowest BCUT2D eigenvalue weighted by molar-refractivity contribution is 0.711. The number of rotatable bonds is 2. The van der Waals surface area contributed by atoms with Crippen molar-refractivity contribution in [1.82, 2.24) is 0 Å². The lowest BCUT2D eigenvalue weighted by Crippen LogP contribution is -1.85. The van der Waals surface area contributed by atoms with Gasteiger partial charge in [-0.15, -0.1) is 0 Å². The minimum atomic E-state index is 1.12. The highest BCUT2D eigenvalue weighted by atomic mass is 14.1. The van der Waals surface area contributed by atoms with Crippen molar-refractivity contribution in [3.8, 4) is 0 Å². The van der Waals surface area contributed by atoms with E-state index < -0.39 is 0 Å². The summed E-state index contributed by atoms with van der Waals surface area (Å²) in [7, 11) is 0. The Balaban J connectivity index is 2.53. The average Bonchev–Trinajstić information content (AvgIpc) is 2.30. The topological polar surface area (TPSA) is 0 Å². The van der Waals surface area contributed by atoms with E-state index in [2.05, 4.69) is 19.6 Å². The van der Waals surface area contributed by atoms with Gasteiger partial charge in [-0.05, 0) is 37.7 Å². The van der Waals surface area contributed by atoms with Crippen molar-refractivity contribution in [2.75, 3.05) is 0 Å². The minimum absolute atomic E-state index is 1.12. The molecule has 0 aliphatic heterocycles. The molecule has 0 N–H and O–H groups in total. The van der Waals surface area contributed by atoms with E-state index in [9.17, 15) is 0 Å². The van der Waals surface area contributed by atoms with Crippen molar-refractivity contribution in [1.29, 1.82) is 0 Å². The molecule has 0 fully saturated rings. The Morgan fingerprint density at radius 1 is 1.45 bits per heavy atom. The van der Waals surface area contributed by atoms with Gasteiger partial charge in [-0.25, -0.2) is 0 Å². The molecule has 11 heavy (non-hydrogen) atoms. The third-order valence-electron chi connectivity index (χ3n) is 2.42. The van der Waals surface area contributed by atoms with Crippen LogP contribution in [0.3, 0.4) is 0 Å². The standard InChI is InChI=1S/C11H18/c1-3-10(2)11-8-6-4-5-7-9-11/h8H,2-7,9H2,1H3. The van der Waals surface area contributed by atoms with Crippen LogP contribution < -0.4 is 0 Å². The molecule has 0 radical (unpaired) electrons. The zero-order valence-corrected chi connectivity index (χ0v) is 7.53. The van der Waals surface area contributed by atoms with E-state index >= 15 is 0 Å². The van der Waals surface area contributed by atoms with Gasteiger partial charge >= 0.3 is 0 Å². The molecular formula is C11H18. The molecule has 0 heterocycles. The van der Waals surface area contributed by atoms with Crippen molar-refractivity contribution >= 4 is 0 Å². The third-order valence-corrected chi connectivity index (χ3v) is 2.42. The maximum absolute atomic E-state index is 4.07. The van der Waals surface area contributed by atoms with Crippen molar-refractivity contribution in [2.45, 2.75) is 45.4 Å². The van der Waals surface area contributed by atoms with Crippen molar-refractivity contribution in [3.05, 3.63) is 23.8 Å². The van der Waals surface area contributed by atoms with E-state index in [4.69, 9.17) is 0 Å². The van der Waals surface area contributed by atoms with Gasteiger partial charge < -0.3 is 0 Å². The van der Waals surface area contributed by atoms with E-state index in [-0.39, 0.29) is 0 Å². The molecule has 0 unspecified atom stereocenters. The zero-order valence-electron chi connectivity index (χ0n) is 7.53. The molecule has 62 valence electrons. The van der Waals surface area contributed by atoms with Gasteiger partial charge in [0.2, 0.25) is 0 Å². The Morgan fingerprint density at radius 2 is 2.27 bits per heavy atom. The molecule has 1 rings (SSSR count). The van der Waals surface area contributed by atoms with Gasteiger partial charge in [0.05, 0.1) is 0 Å². The second kappa shape index (κ2) is 4.38. The predicted molar refractivity (Wildman–Crippen MR) is 50.6 cm³/mol. The summed E-state index contributed by atoms with van der Waals surface area (Å²) in [5, 5.41) is 0. The average molecular weight is 150 g/mol. The Hall–Kier alpha value is -0.520. The summed E-state index contributed by atoms with van der Waals surface area (Å²) in [6, 6.07) is 0. The van der Waals surface area contributed by atoms with Crippen molar-refractivity contribution in [3.63, 3.8) is 0 Å². The van der Waals surface area contributed by atoms with E-state index in [1.54, 1.807) is 0 Å². The quantitative estimate of drug-likeness (QED) is 0.561. The van der Waals surface area contributed by atoms with E-state index in [0.29, 0.717) is 0 Å². The molecule has 0 aromatic heterocycles. The highest BCUT2D eigenvalue weighted by Crippen LogP contribution is 2.23. The van der Waals surface area contributed by atoms with Crippen LogP contribution in [0.5, 0.6) is 0 Å². The summed E-state index contributed by atoms with van der Waals surface area (Å²) in [5.74, 6) is 0. The smallest absolute Gasteiger partial charge is 0.0280 e. The number of allylic oxidation sites excluding steroid dienone is 3. The molecule has 0 nitrogen and oxygen atoms in total. The molecule has 0 spiro atoms. The first-order valence-corrected chi connectivity index (χ1v) is 4.71. The minimum Gasteiger partial charge on any atom is -0.0956 e. The second-order valence-electron chi connectivity index (χ2n) is 3.29. The van der Waals surface area contributed by atoms with Gasteiger partial charge in [-0.3, -0.25) is 0 Å². The van der Waals surface area contributed by atoms with Crippen LogP contribution in [0.15, 0.2) is 23.8 Å². The summed E-state index contributed by atoms with van der Waals surface area (Å²) in [6.45, 7) is 6.26. The van der Waals surface area contributed by atoms with Crippen LogP contribution in [0, 0.1) is 0 Å². The zero-order chi connectivity index (χ0) is 8.10. The third kappa shape index (κ3) is 2.53. The summed E-state index contributed by atoms with van der Waals surface area (Å²) >= 11 is 0. The van der Waals surface area contributed by atoms with E-state index in [0.717, 1.165) is 6.42 Å². The summed E-state index contributed by atoms with van der Waals surface area (Å²) in [4.78, 5) is 0. The fourth-order valence-corrected chi connectivity index (χ4v) is 1.56. The maximum atomic E-state index is 4.07. The molecule has 0 aromatic carbocycles. The van der Waals surface area contributed by atoms with Gasteiger partial charge in [0.15, 0.2) is 0 Å². The van der Waals surface area contributed by atoms with Crippen LogP contribution >= 0.6 is 0 Å². The summed E-state index contributed by atoms with van der Waals surface area (Å²) in [6.07, 6.45) is 10.2. The van der Waals surface area contributed by atoms with Gasteiger partial charge in [0.25, 0.3) is 0 Å². The molecule has 0 saturated carbocycles. The van der Waals surface area contributed by atoms with E-state index in [1.165, 1.54) is 43.3 Å². The fourth-order valence-electron chi connectivity index (χ4n) is 1.56. The molecular weight excluding hydrogens is 132 g/mol. The first kappa shape index (κ1) is 8.58. The van der Waals surface area contributed by atoms with Crippen molar-refractivity contribution in [2.24, 2.45) is 0 Å². The van der Waals surface area contributed by atoms with Crippen LogP contribution in [-0.4, -0.2) is 0 Å². The van der Waals surface area contributed by atoms with Gasteiger partial charge in [0, 0.05) is 0 Å². The number of hydrogen-bond donors (Lipinski definition) is 0. The molecule has 0 heteroatoms.